The summed E-state index contributed by atoms with van der Waals surface area (Å²) in [6.45, 7) is -5.53. The van der Waals surface area contributed by atoms with Crippen LogP contribution in [0.3, 0.4) is 0 Å². The number of ether oxygens (including phenoxy) is 1. The number of hydrogen-bond acceptors (Lipinski definition) is 3. The van der Waals surface area contributed by atoms with E-state index in [1.54, 1.807) is 0 Å². The molecule has 0 bridgehead atoms. The largest absolute Gasteiger partial charge is 0.513 e. The maximum Gasteiger partial charge on any atom is 0.513 e. The Morgan fingerprint density at radius 2 is 1.89 bits per heavy atom. The van der Waals surface area contributed by atoms with Crippen molar-refractivity contribution >= 4 is 22.3 Å². The van der Waals surface area contributed by atoms with E-state index in [1.165, 1.54) is 0 Å². The Labute approximate surface area is 108 Å². The number of rotatable bonds is 6. The minimum absolute atomic E-state index is 0.0413. The molecule has 0 heterocycles. The highest BCUT2D eigenvalue weighted by Crippen LogP contribution is 2.19. The molecule has 1 aromatic rings. The van der Waals surface area contributed by atoms with Crippen LogP contribution in [0.25, 0.3) is 0 Å². The molecule has 0 N–H and O–H groups in total. The number of halogens is 4. The quantitative estimate of drug-likeness (QED) is 0.456. The van der Waals surface area contributed by atoms with Crippen molar-refractivity contribution in [3.05, 3.63) is 24.0 Å². The summed E-state index contributed by atoms with van der Waals surface area (Å²) in [6.07, 6.45) is 1.05. The highest BCUT2D eigenvalue weighted by Gasteiger charge is 2.29. The summed E-state index contributed by atoms with van der Waals surface area (Å²) in [4.78, 5) is 0. The van der Waals surface area contributed by atoms with Gasteiger partial charge in [0.15, 0.2) is 0 Å². The highest BCUT2D eigenvalue weighted by molar-refractivity contribution is 7.90. The van der Waals surface area contributed by atoms with Gasteiger partial charge in [0.25, 0.3) is 0 Å². The summed E-state index contributed by atoms with van der Waals surface area (Å²) in [5.74, 6) is -1.66. The molecule has 0 unspecified atom stereocenters. The van der Waals surface area contributed by atoms with Gasteiger partial charge in [-0.05, 0) is 12.5 Å². The Balaban J connectivity index is 2.75. The molecule has 0 amide bonds. The Morgan fingerprint density at radius 3 is 2.42 bits per heavy atom. The summed E-state index contributed by atoms with van der Waals surface area (Å²) in [6, 6.07) is 1.96. The third kappa shape index (κ3) is 5.50. The van der Waals surface area contributed by atoms with Crippen molar-refractivity contribution in [3.8, 4) is 5.75 Å². The summed E-state index contributed by atoms with van der Waals surface area (Å²) in [5, 5.41) is 0. The molecule has 0 saturated carbocycles. The van der Waals surface area contributed by atoms with Gasteiger partial charge in [0.1, 0.15) is 15.7 Å². The van der Waals surface area contributed by atoms with Crippen LogP contribution < -0.4 is 10.2 Å². The van der Waals surface area contributed by atoms with E-state index in [-0.39, 0.29) is 18.8 Å². The fourth-order valence-electron chi connectivity index (χ4n) is 1.41. The van der Waals surface area contributed by atoms with Crippen LogP contribution in [0, 0.1) is 5.82 Å². The molecule has 0 atom stereocenters. The summed E-state index contributed by atoms with van der Waals surface area (Å²) in [7, 11) is -3.20. The van der Waals surface area contributed by atoms with Crippen LogP contribution in [-0.4, -0.2) is 34.0 Å². The monoisotopic (exact) mass is 299 g/mol. The Morgan fingerprint density at radius 1 is 1.26 bits per heavy atom. The first-order valence-electron chi connectivity index (χ1n) is 5.39. The second-order valence-electron chi connectivity index (χ2n) is 4.09. The number of benzene rings is 1. The number of sulfone groups is 1. The van der Waals surface area contributed by atoms with Crippen LogP contribution >= 0.6 is 0 Å². The first-order chi connectivity index (χ1) is 8.59. The van der Waals surface area contributed by atoms with Gasteiger partial charge < -0.3 is 17.7 Å². The lowest BCUT2D eigenvalue weighted by molar-refractivity contribution is 0.316. The molecule has 3 nitrogen and oxygen atoms in total. The topological polar surface area (TPSA) is 43.4 Å². The van der Waals surface area contributed by atoms with Gasteiger partial charge in [-0.1, -0.05) is 11.5 Å². The minimum atomic E-state index is -5.31. The van der Waals surface area contributed by atoms with Crippen LogP contribution in [0.4, 0.5) is 17.3 Å². The molecule has 0 aliphatic heterocycles. The summed E-state index contributed by atoms with van der Waals surface area (Å²) < 4.78 is 77.3. The van der Waals surface area contributed by atoms with Crippen molar-refractivity contribution in [1.82, 2.24) is 0 Å². The van der Waals surface area contributed by atoms with Crippen molar-refractivity contribution in [2.75, 3.05) is 18.6 Å². The van der Waals surface area contributed by atoms with Crippen molar-refractivity contribution in [2.24, 2.45) is 0 Å². The van der Waals surface area contributed by atoms with Crippen LogP contribution in [0.15, 0.2) is 18.2 Å². The van der Waals surface area contributed by atoms with Crippen molar-refractivity contribution in [3.63, 3.8) is 0 Å². The van der Waals surface area contributed by atoms with E-state index in [1.807, 2.05) is 0 Å². The smallest absolute Gasteiger partial charge is 0.496 e. The fourth-order valence-corrected chi connectivity index (χ4v) is 2.05. The van der Waals surface area contributed by atoms with E-state index >= 15 is 0 Å². The zero-order chi connectivity index (χ0) is 14.7. The molecule has 0 spiro atoms. The first-order valence-corrected chi connectivity index (χ1v) is 7.45. The van der Waals surface area contributed by atoms with Gasteiger partial charge in [-0.3, -0.25) is 0 Å². The SMILES string of the molecule is CS(=O)(=O)CCCOc1cc(F)ccc1[B-](F)(F)F. The van der Waals surface area contributed by atoms with Crippen LogP contribution in [0.5, 0.6) is 5.75 Å². The average Bonchev–Trinajstić information content (AvgIpc) is 2.21. The molecule has 1 rings (SSSR count). The summed E-state index contributed by atoms with van der Waals surface area (Å²) >= 11 is 0. The molecular weight excluding hydrogens is 287 g/mol. The predicted molar refractivity (Wildman–Crippen MR) is 64.9 cm³/mol. The zero-order valence-electron chi connectivity index (χ0n) is 10.1. The van der Waals surface area contributed by atoms with Crippen LogP contribution in [0.1, 0.15) is 6.42 Å². The number of hydrogen-bond donors (Lipinski definition) is 0. The van der Waals surface area contributed by atoms with Gasteiger partial charge in [0, 0.05) is 12.3 Å². The second kappa shape index (κ2) is 5.81. The van der Waals surface area contributed by atoms with Gasteiger partial charge in [-0.2, -0.15) is 0 Å². The van der Waals surface area contributed by atoms with E-state index in [4.69, 9.17) is 4.74 Å². The van der Waals surface area contributed by atoms with Crippen molar-refractivity contribution < 1.29 is 30.5 Å². The standard InChI is InChI=1S/C10H12BF4O3S/c1-19(16,17)6-2-5-18-10-7-8(12)3-4-9(10)11(13,14)15/h3-4,7H,2,5-6H2,1H3/q-1. The van der Waals surface area contributed by atoms with Crippen LogP contribution in [0.2, 0.25) is 0 Å². The fraction of sp³-hybridized carbons (Fsp3) is 0.400. The Hall–Kier alpha value is -1.25. The highest BCUT2D eigenvalue weighted by atomic mass is 32.2. The van der Waals surface area contributed by atoms with Gasteiger partial charge in [0.2, 0.25) is 0 Å². The van der Waals surface area contributed by atoms with Gasteiger partial charge in [0.05, 0.1) is 18.1 Å². The summed E-state index contributed by atoms with van der Waals surface area (Å²) in [5.41, 5.74) is -1.03. The second-order valence-corrected chi connectivity index (χ2v) is 6.35. The molecule has 0 fully saturated rings. The maximum absolute atomic E-state index is 12.9. The average molecular weight is 299 g/mol. The molecule has 0 saturated heterocycles. The van der Waals surface area contributed by atoms with E-state index in [0.29, 0.717) is 18.2 Å². The molecular formula is C10H12BF4O3S-. The normalized spacial score (nSPS) is 12.5. The molecule has 19 heavy (non-hydrogen) atoms. The van der Waals surface area contributed by atoms with Crippen LogP contribution in [-0.2, 0) is 9.84 Å². The molecule has 0 aliphatic rings. The molecule has 0 radical (unpaired) electrons. The van der Waals surface area contributed by atoms with Gasteiger partial charge in [-0.25, -0.2) is 12.8 Å². The third-order valence-electron chi connectivity index (χ3n) is 2.25. The molecule has 108 valence electrons. The Bertz CT molecular complexity index is 542. The van der Waals surface area contributed by atoms with E-state index < -0.39 is 33.8 Å². The van der Waals surface area contributed by atoms with Crippen molar-refractivity contribution in [1.29, 1.82) is 0 Å². The maximum atomic E-state index is 12.9. The van der Waals surface area contributed by atoms with E-state index in [2.05, 4.69) is 0 Å². The predicted octanol–water partition coefficient (Wildman–Crippen LogP) is 1.69. The van der Waals surface area contributed by atoms with Gasteiger partial charge >= 0.3 is 6.98 Å². The van der Waals surface area contributed by atoms with Gasteiger partial charge in [-0.15, -0.1) is 0 Å². The Kier molecular flexibility index (Phi) is 4.83. The third-order valence-corrected chi connectivity index (χ3v) is 3.28. The first kappa shape index (κ1) is 15.8. The molecule has 0 aliphatic carbocycles. The molecule has 1 aromatic carbocycles. The lowest BCUT2D eigenvalue weighted by atomic mass is 9.79. The van der Waals surface area contributed by atoms with E-state index in [9.17, 15) is 25.8 Å². The molecule has 0 aromatic heterocycles. The minimum Gasteiger partial charge on any atom is -0.496 e. The van der Waals surface area contributed by atoms with E-state index in [0.717, 1.165) is 6.26 Å². The lowest BCUT2D eigenvalue weighted by Gasteiger charge is -2.19. The molecule has 9 heteroatoms. The van der Waals surface area contributed by atoms with Crippen molar-refractivity contribution in [2.45, 2.75) is 6.42 Å². The zero-order valence-corrected chi connectivity index (χ0v) is 10.9. The lowest BCUT2D eigenvalue weighted by Crippen LogP contribution is -2.35.